The number of nitrogens with two attached hydrogens (primary N) is 1. The monoisotopic (exact) mass is 343 g/mol. The molecule has 0 fully saturated rings. The molecular weight excluding hydrogens is 326 g/mol. The summed E-state index contributed by atoms with van der Waals surface area (Å²) < 4.78 is 0.950. The zero-order valence-electron chi connectivity index (χ0n) is 12.4. The lowest BCUT2D eigenvalue weighted by molar-refractivity contribution is 0.590. The molecule has 0 aliphatic rings. The van der Waals surface area contributed by atoms with Crippen LogP contribution in [0.4, 0.5) is 5.69 Å². The first-order chi connectivity index (χ1) is 9.84. The van der Waals surface area contributed by atoms with Crippen molar-refractivity contribution >= 4 is 32.7 Å². The molecule has 1 aromatic heterocycles. The van der Waals surface area contributed by atoms with E-state index in [1.165, 1.54) is 5.56 Å². The lowest BCUT2D eigenvalue weighted by atomic mass is 9.87. The second-order valence-corrected chi connectivity index (χ2v) is 7.22. The topological polar surface area (TPSA) is 54.7 Å². The summed E-state index contributed by atoms with van der Waals surface area (Å²) in [5.74, 6) is 0.843. The number of halogens is 1. The number of fused-ring (bicyclic) bond motifs is 1. The van der Waals surface area contributed by atoms with Gasteiger partial charge in [0.1, 0.15) is 11.3 Å². The molecule has 0 saturated heterocycles. The molecule has 21 heavy (non-hydrogen) atoms. The van der Waals surface area contributed by atoms with Crippen LogP contribution in [0, 0.1) is 0 Å². The smallest absolute Gasteiger partial charge is 0.138 e. The Morgan fingerprint density at radius 3 is 2.38 bits per heavy atom. The molecule has 3 rings (SSSR count). The number of aromatic amines is 1. The molecule has 108 valence electrons. The first kappa shape index (κ1) is 14.1. The Hall–Kier alpha value is -1.81. The molecule has 0 amide bonds. The number of anilines is 1. The molecular formula is C17H18BrN3. The summed E-state index contributed by atoms with van der Waals surface area (Å²) in [6.07, 6.45) is 0. The second kappa shape index (κ2) is 4.88. The van der Waals surface area contributed by atoms with Crippen LogP contribution in [-0.4, -0.2) is 9.97 Å². The van der Waals surface area contributed by atoms with Gasteiger partial charge in [0, 0.05) is 10.0 Å². The Morgan fingerprint density at radius 2 is 1.76 bits per heavy atom. The predicted octanol–water partition coefficient (Wildman–Crippen LogP) is 4.87. The quantitative estimate of drug-likeness (QED) is 0.619. The Balaban J connectivity index is 2.06. The van der Waals surface area contributed by atoms with Crippen molar-refractivity contribution in [3.63, 3.8) is 0 Å². The van der Waals surface area contributed by atoms with Gasteiger partial charge in [0.15, 0.2) is 0 Å². The van der Waals surface area contributed by atoms with Crippen LogP contribution in [0.5, 0.6) is 0 Å². The molecule has 0 aliphatic heterocycles. The highest BCUT2D eigenvalue weighted by Crippen LogP contribution is 2.29. The minimum Gasteiger partial charge on any atom is -0.397 e. The summed E-state index contributed by atoms with van der Waals surface area (Å²) in [7, 11) is 0. The van der Waals surface area contributed by atoms with E-state index in [0.717, 1.165) is 26.9 Å². The van der Waals surface area contributed by atoms with E-state index in [-0.39, 0.29) is 5.41 Å². The average molecular weight is 344 g/mol. The summed E-state index contributed by atoms with van der Waals surface area (Å²) in [5.41, 5.74) is 11.0. The highest BCUT2D eigenvalue weighted by molar-refractivity contribution is 9.10. The van der Waals surface area contributed by atoms with Crippen LogP contribution in [0.2, 0.25) is 0 Å². The van der Waals surface area contributed by atoms with Crippen molar-refractivity contribution in [3.05, 3.63) is 46.4 Å². The second-order valence-electron chi connectivity index (χ2n) is 6.30. The molecule has 0 saturated carbocycles. The maximum absolute atomic E-state index is 6.02. The fraction of sp³-hybridized carbons (Fsp3) is 0.235. The third-order valence-corrected chi connectivity index (χ3v) is 4.06. The summed E-state index contributed by atoms with van der Waals surface area (Å²) >= 11 is 3.45. The van der Waals surface area contributed by atoms with Gasteiger partial charge in [0.05, 0.1) is 11.2 Å². The minimum absolute atomic E-state index is 0.154. The fourth-order valence-corrected chi connectivity index (χ4v) is 2.85. The maximum Gasteiger partial charge on any atom is 0.138 e. The van der Waals surface area contributed by atoms with Gasteiger partial charge in [-0.05, 0) is 23.1 Å². The third kappa shape index (κ3) is 2.68. The summed E-state index contributed by atoms with van der Waals surface area (Å²) in [6, 6.07) is 12.4. The molecule has 2 aromatic carbocycles. The van der Waals surface area contributed by atoms with Crippen LogP contribution in [-0.2, 0) is 5.41 Å². The summed E-state index contributed by atoms with van der Waals surface area (Å²) in [6.45, 7) is 6.63. The first-order valence-electron chi connectivity index (χ1n) is 6.90. The van der Waals surface area contributed by atoms with Crippen molar-refractivity contribution < 1.29 is 0 Å². The van der Waals surface area contributed by atoms with Crippen LogP contribution in [0.15, 0.2) is 40.9 Å². The zero-order chi connectivity index (χ0) is 15.2. The van der Waals surface area contributed by atoms with Crippen LogP contribution in [0.25, 0.3) is 22.4 Å². The molecule has 0 atom stereocenters. The Morgan fingerprint density at radius 1 is 1.10 bits per heavy atom. The van der Waals surface area contributed by atoms with Gasteiger partial charge < -0.3 is 10.7 Å². The molecule has 3 nitrogen and oxygen atoms in total. The van der Waals surface area contributed by atoms with Gasteiger partial charge in [-0.3, -0.25) is 0 Å². The number of hydrogen-bond acceptors (Lipinski definition) is 2. The average Bonchev–Trinajstić information content (AvgIpc) is 2.82. The number of nitrogen functional groups attached to an aromatic ring is 1. The van der Waals surface area contributed by atoms with Crippen molar-refractivity contribution in [2.75, 3.05) is 5.73 Å². The zero-order valence-corrected chi connectivity index (χ0v) is 14.0. The van der Waals surface area contributed by atoms with E-state index in [2.05, 4.69) is 70.9 Å². The van der Waals surface area contributed by atoms with Gasteiger partial charge in [0.25, 0.3) is 0 Å². The number of nitrogens with one attached hydrogen (secondary N) is 1. The Bertz CT molecular complexity index is 795. The predicted molar refractivity (Wildman–Crippen MR) is 92.3 cm³/mol. The van der Waals surface area contributed by atoms with E-state index < -0.39 is 0 Å². The van der Waals surface area contributed by atoms with Crippen LogP contribution < -0.4 is 5.73 Å². The number of benzene rings is 2. The molecule has 0 aliphatic carbocycles. The van der Waals surface area contributed by atoms with Crippen molar-refractivity contribution in [1.29, 1.82) is 0 Å². The highest BCUT2D eigenvalue weighted by atomic mass is 79.9. The van der Waals surface area contributed by atoms with Gasteiger partial charge in [-0.25, -0.2) is 4.98 Å². The summed E-state index contributed by atoms with van der Waals surface area (Å²) in [4.78, 5) is 7.94. The van der Waals surface area contributed by atoms with Crippen molar-refractivity contribution in [1.82, 2.24) is 9.97 Å². The molecule has 0 unspecified atom stereocenters. The van der Waals surface area contributed by atoms with E-state index in [0.29, 0.717) is 5.69 Å². The lowest BCUT2D eigenvalue weighted by Gasteiger charge is -2.18. The number of rotatable bonds is 1. The minimum atomic E-state index is 0.154. The standard InChI is InChI=1S/C17H18BrN3/c1-17(2,3)11-6-4-10(5-7-11)16-20-14-9-12(18)8-13(19)15(14)21-16/h4-9H,19H2,1-3H3,(H,20,21). The van der Waals surface area contributed by atoms with Gasteiger partial charge >= 0.3 is 0 Å². The highest BCUT2D eigenvalue weighted by Gasteiger charge is 2.14. The largest absolute Gasteiger partial charge is 0.397 e. The Labute approximate surface area is 132 Å². The number of hydrogen-bond donors (Lipinski definition) is 2. The van der Waals surface area contributed by atoms with Crippen LogP contribution in [0.1, 0.15) is 26.3 Å². The maximum atomic E-state index is 6.02. The molecule has 0 spiro atoms. The van der Waals surface area contributed by atoms with Crippen LogP contribution >= 0.6 is 15.9 Å². The fourth-order valence-electron chi connectivity index (χ4n) is 2.37. The molecule has 4 heteroatoms. The number of H-pyrrole nitrogens is 1. The SMILES string of the molecule is CC(C)(C)c1ccc(-c2nc3c(N)cc(Br)cc3[nH]2)cc1. The molecule has 0 radical (unpaired) electrons. The number of nitrogens with zero attached hydrogens (tertiary/aromatic N) is 1. The van der Waals surface area contributed by atoms with Crippen LogP contribution in [0.3, 0.4) is 0 Å². The van der Waals surface area contributed by atoms with Gasteiger partial charge in [0.2, 0.25) is 0 Å². The Kier molecular flexibility index (Phi) is 3.29. The third-order valence-electron chi connectivity index (χ3n) is 3.61. The van der Waals surface area contributed by atoms with E-state index in [1.807, 2.05) is 12.1 Å². The van der Waals surface area contributed by atoms with E-state index in [4.69, 9.17) is 5.73 Å². The first-order valence-corrected chi connectivity index (χ1v) is 7.69. The molecule has 3 N–H and O–H groups in total. The van der Waals surface area contributed by atoms with E-state index >= 15 is 0 Å². The van der Waals surface area contributed by atoms with Crippen molar-refractivity contribution in [2.24, 2.45) is 0 Å². The van der Waals surface area contributed by atoms with E-state index in [1.54, 1.807) is 0 Å². The van der Waals surface area contributed by atoms with Gasteiger partial charge in [-0.1, -0.05) is 61.0 Å². The molecule has 1 heterocycles. The number of imidazole rings is 1. The normalized spacial score (nSPS) is 12.0. The molecule has 0 bridgehead atoms. The van der Waals surface area contributed by atoms with Crippen molar-refractivity contribution in [3.8, 4) is 11.4 Å². The summed E-state index contributed by atoms with van der Waals surface area (Å²) in [5, 5.41) is 0. The van der Waals surface area contributed by atoms with Crippen molar-refractivity contribution in [2.45, 2.75) is 26.2 Å². The molecule has 3 aromatic rings. The lowest BCUT2D eigenvalue weighted by Crippen LogP contribution is -2.10. The number of aromatic nitrogens is 2. The van der Waals surface area contributed by atoms with E-state index in [9.17, 15) is 0 Å². The van der Waals surface area contributed by atoms with Gasteiger partial charge in [-0.15, -0.1) is 0 Å². The van der Waals surface area contributed by atoms with Gasteiger partial charge in [-0.2, -0.15) is 0 Å².